The van der Waals surface area contributed by atoms with Crippen molar-refractivity contribution in [3.63, 3.8) is 0 Å². The highest BCUT2D eigenvalue weighted by Crippen LogP contribution is 2.45. The van der Waals surface area contributed by atoms with Gasteiger partial charge in [-0.25, -0.2) is 0 Å². The number of carbonyl (C=O) groups excluding carboxylic acids is 2. The molecule has 1 aliphatic carbocycles. The van der Waals surface area contributed by atoms with Crippen LogP contribution in [0.3, 0.4) is 0 Å². The van der Waals surface area contributed by atoms with Crippen molar-refractivity contribution in [1.82, 2.24) is 20.6 Å². The molecule has 0 spiro atoms. The molecule has 2 aromatic carbocycles. The minimum absolute atomic E-state index is 0.0178. The van der Waals surface area contributed by atoms with E-state index in [-0.39, 0.29) is 55.0 Å². The van der Waals surface area contributed by atoms with Gasteiger partial charge in [-0.05, 0) is 93.6 Å². The van der Waals surface area contributed by atoms with Crippen LogP contribution in [-0.4, -0.2) is 122 Å². The van der Waals surface area contributed by atoms with Gasteiger partial charge < -0.3 is 40.5 Å². The summed E-state index contributed by atoms with van der Waals surface area (Å²) in [7, 11) is 7.55. The van der Waals surface area contributed by atoms with Crippen LogP contribution in [0.2, 0.25) is 0 Å². The molecule has 1 saturated heterocycles. The van der Waals surface area contributed by atoms with Gasteiger partial charge >= 0.3 is 0 Å². The van der Waals surface area contributed by atoms with Crippen LogP contribution in [0.5, 0.6) is 5.75 Å². The van der Waals surface area contributed by atoms with E-state index in [1.807, 2.05) is 62.4 Å². The Bertz CT molecular complexity index is 1610. The van der Waals surface area contributed by atoms with Crippen LogP contribution >= 0.6 is 0 Å². The molecular weight excluding hydrogens is 723 g/mol. The van der Waals surface area contributed by atoms with Gasteiger partial charge in [0.1, 0.15) is 17.9 Å². The summed E-state index contributed by atoms with van der Waals surface area (Å²) in [6.07, 6.45) is 2.63. The van der Waals surface area contributed by atoms with Crippen LogP contribution in [0.4, 0.5) is 5.69 Å². The monoisotopic (exact) mass is 796 g/mol. The van der Waals surface area contributed by atoms with Crippen LogP contribution in [0.15, 0.2) is 36.4 Å². The first kappa shape index (κ1) is 46.4. The summed E-state index contributed by atoms with van der Waals surface area (Å²) >= 11 is 0. The Morgan fingerprint density at radius 3 is 2.42 bits per heavy atom. The van der Waals surface area contributed by atoms with Crippen molar-refractivity contribution in [2.24, 2.45) is 29.1 Å². The molecule has 8 atom stereocenters. The zero-order valence-corrected chi connectivity index (χ0v) is 36.5. The van der Waals surface area contributed by atoms with E-state index in [1.165, 1.54) is 0 Å². The van der Waals surface area contributed by atoms with E-state index in [2.05, 4.69) is 57.1 Å². The Morgan fingerprint density at radius 1 is 1.11 bits per heavy atom. The number of aliphatic hydroxyl groups excluding tert-OH is 3. The summed E-state index contributed by atoms with van der Waals surface area (Å²) in [4.78, 5) is 38.8. The Morgan fingerprint density at radius 2 is 1.82 bits per heavy atom. The zero-order valence-electron chi connectivity index (χ0n) is 36.5. The highest BCUT2D eigenvalue weighted by atomic mass is 16.7. The Labute approximate surface area is 342 Å². The minimum atomic E-state index is -0.921. The van der Waals surface area contributed by atoms with Crippen molar-refractivity contribution in [2.75, 3.05) is 59.5 Å². The normalized spacial score (nSPS) is 24.7. The molecule has 12 heteroatoms. The first-order valence-electron chi connectivity index (χ1n) is 21.1. The van der Waals surface area contributed by atoms with Crippen molar-refractivity contribution in [3.8, 4) is 16.9 Å². The van der Waals surface area contributed by atoms with Crippen molar-refractivity contribution in [2.45, 2.75) is 117 Å². The number of benzene rings is 2. The van der Waals surface area contributed by atoms with Gasteiger partial charge in [-0.2, -0.15) is 5.06 Å². The third kappa shape index (κ3) is 11.7. The summed E-state index contributed by atoms with van der Waals surface area (Å²) in [5, 5.41) is 39.3. The van der Waals surface area contributed by atoms with Crippen LogP contribution in [0.1, 0.15) is 96.5 Å². The maximum absolute atomic E-state index is 14.4. The number of likely N-dealkylation sites (N-methyl/N-ethyl adjacent to an activating group) is 1. The lowest BCUT2D eigenvalue weighted by Crippen LogP contribution is -2.55. The molecule has 320 valence electrons. The van der Waals surface area contributed by atoms with Gasteiger partial charge in [0.15, 0.2) is 0 Å². The number of amides is 2. The summed E-state index contributed by atoms with van der Waals surface area (Å²) in [6.45, 7) is 16.1. The summed E-state index contributed by atoms with van der Waals surface area (Å²) in [6, 6.07) is 10.7. The number of nitrogens with one attached hydrogen (secondary N) is 2. The molecule has 0 radical (unpaired) electrons. The van der Waals surface area contributed by atoms with E-state index in [4.69, 9.17) is 9.57 Å². The molecule has 0 aromatic heterocycles. The lowest BCUT2D eigenvalue weighted by atomic mass is 9.63. The molecule has 2 fully saturated rings. The van der Waals surface area contributed by atoms with Crippen LogP contribution in [0, 0.1) is 29.1 Å². The molecule has 12 nitrogen and oxygen atoms in total. The lowest BCUT2D eigenvalue weighted by Gasteiger charge is -2.46. The van der Waals surface area contributed by atoms with Crippen LogP contribution in [0.25, 0.3) is 11.1 Å². The molecular formula is C45H73N5O7. The van der Waals surface area contributed by atoms with Gasteiger partial charge in [0, 0.05) is 67.1 Å². The number of ether oxygens (including phenoxy) is 1. The number of methoxy groups -OCH3 is 1. The molecule has 1 heterocycles. The number of anilines is 1. The van der Waals surface area contributed by atoms with E-state index >= 15 is 0 Å². The predicted molar refractivity (Wildman–Crippen MR) is 227 cm³/mol. The molecule has 1 saturated carbocycles. The largest absolute Gasteiger partial charge is 0.496 e. The minimum Gasteiger partial charge on any atom is -0.496 e. The van der Waals surface area contributed by atoms with Gasteiger partial charge in [0.25, 0.3) is 5.91 Å². The maximum atomic E-state index is 14.4. The Kier molecular flexibility index (Phi) is 16.8. The fourth-order valence-electron chi connectivity index (χ4n) is 9.42. The standard InChI is InChI=1S/C45H73N5O7/c1-12-34-23-38(29(4)24-45(34,6)7)47-44(55)41-40(30(5)53)39(27-52)57-50(41)25-31-15-13-16-37(42(31)56-11)32-20-33(22-36(21-32)49(10)17-14-18-51)43(54)46-35(19-28(2)3)26-48(8)9/h13,15-16,20-22,28-30,34-35,38-41,51-53H,12,14,17-19,23-27H2,1-11H3,(H,46,54)(H,47,55)/t29-,30-,34+,35-,38-,39-,40+,41-/m0/s1. The van der Waals surface area contributed by atoms with Crippen molar-refractivity contribution in [3.05, 3.63) is 47.5 Å². The van der Waals surface area contributed by atoms with Crippen molar-refractivity contribution >= 4 is 17.5 Å². The average molecular weight is 796 g/mol. The number of aliphatic hydroxyl groups is 3. The molecule has 57 heavy (non-hydrogen) atoms. The van der Waals surface area contributed by atoms with E-state index in [1.54, 1.807) is 19.1 Å². The molecule has 1 aliphatic heterocycles. The molecule has 4 rings (SSSR count). The number of rotatable bonds is 19. The number of nitrogens with zero attached hydrogens (tertiary/aromatic N) is 3. The predicted octanol–water partition coefficient (Wildman–Crippen LogP) is 5.33. The van der Waals surface area contributed by atoms with E-state index in [0.717, 1.165) is 48.1 Å². The number of carbonyl (C=O) groups is 2. The SMILES string of the molecule is CC[C@@H]1C[C@H](NC(=O)[C@@H]2[C@H]([C@H](C)O)[C@H](CO)ON2Cc2cccc(-c3cc(C(=O)N[C@@H](CC(C)C)CN(C)C)cc(N(C)CCCO)c3)c2OC)[C@@H](C)CC1(C)C. The third-order valence-electron chi connectivity index (χ3n) is 12.3. The average Bonchev–Trinajstić information content (AvgIpc) is 3.52. The van der Waals surface area contributed by atoms with Crippen molar-refractivity contribution < 1.29 is 34.5 Å². The second-order valence-electron chi connectivity index (χ2n) is 18.1. The second-order valence-corrected chi connectivity index (χ2v) is 18.1. The first-order valence-corrected chi connectivity index (χ1v) is 21.1. The van der Waals surface area contributed by atoms with Crippen LogP contribution < -0.4 is 20.3 Å². The van der Waals surface area contributed by atoms with E-state index in [9.17, 15) is 24.9 Å². The van der Waals surface area contributed by atoms with Gasteiger partial charge in [0.2, 0.25) is 5.91 Å². The van der Waals surface area contributed by atoms with Gasteiger partial charge in [-0.3, -0.25) is 14.4 Å². The zero-order chi connectivity index (χ0) is 42.2. The molecule has 2 aliphatic rings. The third-order valence-corrected chi connectivity index (χ3v) is 12.3. The molecule has 5 N–H and O–H groups in total. The fraction of sp³-hybridized carbons (Fsp3) is 0.689. The number of hydroxylamine groups is 2. The molecule has 0 unspecified atom stereocenters. The Hall–Kier alpha value is -3.26. The second kappa shape index (κ2) is 20.6. The smallest absolute Gasteiger partial charge is 0.251 e. The fourth-order valence-corrected chi connectivity index (χ4v) is 9.42. The summed E-state index contributed by atoms with van der Waals surface area (Å²) in [5.74, 6) is 0.645. The quantitative estimate of drug-likeness (QED) is 0.127. The summed E-state index contributed by atoms with van der Waals surface area (Å²) < 4.78 is 6.13. The number of hydrogen-bond acceptors (Lipinski definition) is 10. The van der Waals surface area contributed by atoms with Gasteiger partial charge in [-0.1, -0.05) is 66.2 Å². The topological polar surface area (TPSA) is 147 Å². The highest BCUT2D eigenvalue weighted by molar-refractivity contribution is 5.97. The van der Waals surface area contributed by atoms with E-state index < -0.39 is 24.2 Å². The van der Waals surface area contributed by atoms with Crippen LogP contribution in [-0.2, 0) is 16.2 Å². The molecule has 0 bridgehead atoms. The van der Waals surface area contributed by atoms with Gasteiger partial charge in [-0.15, -0.1) is 0 Å². The lowest BCUT2D eigenvalue weighted by molar-refractivity contribution is -0.182. The number of para-hydroxylation sites is 1. The summed E-state index contributed by atoms with van der Waals surface area (Å²) in [5.41, 5.74) is 3.78. The van der Waals surface area contributed by atoms with Crippen molar-refractivity contribution in [1.29, 1.82) is 0 Å². The number of hydrogen-bond donors (Lipinski definition) is 5. The molecule has 2 aromatic rings. The first-order chi connectivity index (χ1) is 26.9. The van der Waals surface area contributed by atoms with E-state index in [0.29, 0.717) is 42.7 Å². The van der Waals surface area contributed by atoms with Gasteiger partial charge in [0.05, 0.1) is 26.4 Å². The Balaban J connectivity index is 1.72. The maximum Gasteiger partial charge on any atom is 0.251 e. The highest BCUT2D eigenvalue weighted by Gasteiger charge is 2.50. The molecule has 2 amide bonds.